The van der Waals surface area contributed by atoms with E-state index < -0.39 is 0 Å². The van der Waals surface area contributed by atoms with Crippen molar-refractivity contribution in [3.05, 3.63) is 10.4 Å². The first-order valence-electron chi connectivity index (χ1n) is 4.03. The number of hydrogen-bond donors (Lipinski definition) is 0. The summed E-state index contributed by atoms with van der Waals surface area (Å²) in [6.07, 6.45) is 2.66. The van der Waals surface area contributed by atoms with Crippen LogP contribution in [0.15, 0.2) is 5.38 Å². The summed E-state index contributed by atoms with van der Waals surface area (Å²) in [5.41, 5.74) is 0. The SMILES string of the molecule is Cc1nc(N2CCCC2)cs1. The minimum absolute atomic E-state index is 1.17. The molecule has 0 atom stereocenters. The summed E-state index contributed by atoms with van der Waals surface area (Å²) in [7, 11) is 0. The Morgan fingerprint density at radius 3 is 2.73 bits per heavy atom. The molecule has 0 N–H and O–H groups in total. The normalized spacial score (nSPS) is 17.7. The molecule has 0 spiro atoms. The van der Waals surface area contributed by atoms with Gasteiger partial charge in [0.25, 0.3) is 0 Å². The molecular weight excluding hydrogens is 156 g/mol. The van der Waals surface area contributed by atoms with E-state index in [-0.39, 0.29) is 0 Å². The lowest BCUT2D eigenvalue weighted by Crippen LogP contribution is -2.17. The summed E-state index contributed by atoms with van der Waals surface area (Å²) in [5.74, 6) is 1.19. The van der Waals surface area contributed by atoms with Crippen LogP contribution in [0.1, 0.15) is 17.8 Å². The van der Waals surface area contributed by atoms with Gasteiger partial charge in [0.1, 0.15) is 5.82 Å². The number of aromatic nitrogens is 1. The van der Waals surface area contributed by atoms with E-state index in [1.165, 1.54) is 36.8 Å². The van der Waals surface area contributed by atoms with Crippen molar-refractivity contribution in [3.8, 4) is 0 Å². The van der Waals surface area contributed by atoms with Gasteiger partial charge in [0.05, 0.1) is 5.01 Å². The Kier molecular flexibility index (Phi) is 1.82. The lowest BCUT2D eigenvalue weighted by atomic mass is 10.4. The van der Waals surface area contributed by atoms with Gasteiger partial charge in [-0.25, -0.2) is 4.98 Å². The maximum atomic E-state index is 4.44. The van der Waals surface area contributed by atoms with E-state index in [0.717, 1.165) is 0 Å². The molecule has 0 aliphatic carbocycles. The van der Waals surface area contributed by atoms with Crippen LogP contribution in [0.2, 0.25) is 0 Å². The fourth-order valence-electron chi connectivity index (χ4n) is 1.44. The van der Waals surface area contributed by atoms with Crippen molar-refractivity contribution < 1.29 is 0 Å². The molecule has 1 aliphatic heterocycles. The summed E-state index contributed by atoms with van der Waals surface area (Å²) in [4.78, 5) is 6.80. The third-order valence-electron chi connectivity index (χ3n) is 2.04. The Morgan fingerprint density at radius 1 is 1.45 bits per heavy atom. The Hall–Kier alpha value is -0.570. The maximum absolute atomic E-state index is 4.44. The highest BCUT2D eigenvalue weighted by Gasteiger charge is 2.13. The molecule has 0 unspecified atom stereocenters. The van der Waals surface area contributed by atoms with Crippen LogP contribution in [0.25, 0.3) is 0 Å². The van der Waals surface area contributed by atoms with Crippen LogP contribution in [0.3, 0.4) is 0 Å². The summed E-state index contributed by atoms with van der Waals surface area (Å²) >= 11 is 1.74. The average Bonchev–Trinajstić information content (AvgIpc) is 2.55. The van der Waals surface area contributed by atoms with Crippen LogP contribution in [0.5, 0.6) is 0 Å². The molecule has 0 saturated carbocycles. The van der Waals surface area contributed by atoms with E-state index in [1.54, 1.807) is 11.3 Å². The van der Waals surface area contributed by atoms with Gasteiger partial charge >= 0.3 is 0 Å². The Labute approximate surface area is 70.9 Å². The first-order valence-corrected chi connectivity index (χ1v) is 4.91. The molecule has 0 bridgehead atoms. The second-order valence-electron chi connectivity index (χ2n) is 2.92. The zero-order chi connectivity index (χ0) is 7.68. The smallest absolute Gasteiger partial charge is 0.139 e. The topological polar surface area (TPSA) is 16.1 Å². The number of thiazole rings is 1. The second kappa shape index (κ2) is 2.81. The van der Waals surface area contributed by atoms with Crippen LogP contribution in [0, 0.1) is 6.92 Å². The molecule has 0 aromatic carbocycles. The fraction of sp³-hybridized carbons (Fsp3) is 0.625. The number of hydrogen-bond acceptors (Lipinski definition) is 3. The standard InChI is InChI=1S/C8H12N2S/c1-7-9-8(6-11-7)10-4-2-3-5-10/h6H,2-5H2,1H3. The third kappa shape index (κ3) is 1.38. The molecule has 0 amide bonds. The number of nitrogens with zero attached hydrogens (tertiary/aromatic N) is 2. The summed E-state index contributed by atoms with van der Waals surface area (Å²) in [6, 6.07) is 0. The number of rotatable bonds is 1. The van der Waals surface area contributed by atoms with Crippen LogP contribution in [-0.2, 0) is 0 Å². The lowest BCUT2D eigenvalue weighted by Gasteiger charge is -2.12. The molecule has 1 aromatic rings. The molecule has 2 rings (SSSR count). The molecular formula is C8H12N2S. The van der Waals surface area contributed by atoms with Gasteiger partial charge in [0, 0.05) is 18.5 Å². The molecule has 0 radical (unpaired) electrons. The largest absolute Gasteiger partial charge is 0.356 e. The van der Waals surface area contributed by atoms with Crippen molar-refractivity contribution >= 4 is 17.2 Å². The van der Waals surface area contributed by atoms with Crippen LogP contribution in [-0.4, -0.2) is 18.1 Å². The van der Waals surface area contributed by atoms with Gasteiger partial charge in [-0.2, -0.15) is 0 Å². The highest BCUT2D eigenvalue weighted by Crippen LogP contribution is 2.21. The minimum Gasteiger partial charge on any atom is -0.356 e. The number of anilines is 1. The average molecular weight is 168 g/mol. The third-order valence-corrected chi connectivity index (χ3v) is 2.80. The molecule has 11 heavy (non-hydrogen) atoms. The summed E-state index contributed by atoms with van der Waals surface area (Å²) in [5, 5.41) is 3.33. The van der Waals surface area contributed by atoms with E-state index in [2.05, 4.69) is 22.2 Å². The van der Waals surface area contributed by atoms with E-state index in [4.69, 9.17) is 0 Å². The Balaban J connectivity index is 2.15. The first-order chi connectivity index (χ1) is 5.36. The highest BCUT2D eigenvalue weighted by atomic mass is 32.1. The van der Waals surface area contributed by atoms with Gasteiger partial charge in [0.2, 0.25) is 0 Å². The molecule has 1 aliphatic rings. The molecule has 2 heterocycles. The van der Waals surface area contributed by atoms with Gasteiger partial charge in [-0.15, -0.1) is 11.3 Å². The molecule has 2 nitrogen and oxygen atoms in total. The lowest BCUT2D eigenvalue weighted by molar-refractivity contribution is 0.942. The quantitative estimate of drug-likeness (QED) is 0.638. The van der Waals surface area contributed by atoms with Gasteiger partial charge in [-0.3, -0.25) is 0 Å². The Morgan fingerprint density at radius 2 is 2.18 bits per heavy atom. The van der Waals surface area contributed by atoms with E-state index in [1.807, 2.05) is 0 Å². The zero-order valence-electron chi connectivity index (χ0n) is 6.71. The molecule has 60 valence electrons. The van der Waals surface area contributed by atoms with Crippen LogP contribution >= 0.6 is 11.3 Å². The molecule has 1 saturated heterocycles. The van der Waals surface area contributed by atoms with Gasteiger partial charge < -0.3 is 4.90 Å². The van der Waals surface area contributed by atoms with Crippen molar-refractivity contribution in [2.75, 3.05) is 18.0 Å². The Bertz CT molecular complexity index is 238. The van der Waals surface area contributed by atoms with Gasteiger partial charge in [-0.05, 0) is 19.8 Å². The van der Waals surface area contributed by atoms with E-state index in [9.17, 15) is 0 Å². The van der Waals surface area contributed by atoms with Crippen molar-refractivity contribution in [3.63, 3.8) is 0 Å². The van der Waals surface area contributed by atoms with Crippen molar-refractivity contribution in [2.45, 2.75) is 19.8 Å². The highest BCUT2D eigenvalue weighted by molar-refractivity contribution is 7.09. The van der Waals surface area contributed by atoms with E-state index in [0.29, 0.717) is 0 Å². The number of aryl methyl sites for hydroxylation is 1. The summed E-state index contributed by atoms with van der Waals surface area (Å²) in [6.45, 7) is 4.45. The van der Waals surface area contributed by atoms with E-state index >= 15 is 0 Å². The second-order valence-corrected chi connectivity index (χ2v) is 3.98. The van der Waals surface area contributed by atoms with Crippen molar-refractivity contribution in [2.24, 2.45) is 0 Å². The predicted octanol–water partition coefficient (Wildman–Crippen LogP) is 2.05. The van der Waals surface area contributed by atoms with Crippen molar-refractivity contribution in [1.29, 1.82) is 0 Å². The van der Waals surface area contributed by atoms with Crippen molar-refractivity contribution in [1.82, 2.24) is 4.98 Å². The van der Waals surface area contributed by atoms with Gasteiger partial charge in [0.15, 0.2) is 0 Å². The molecule has 1 fully saturated rings. The molecule has 1 aromatic heterocycles. The van der Waals surface area contributed by atoms with Crippen LogP contribution < -0.4 is 4.90 Å². The molecule has 3 heteroatoms. The predicted molar refractivity (Wildman–Crippen MR) is 48.3 cm³/mol. The minimum atomic E-state index is 1.17. The van der Waals surface area contributed by atoms with Gasteiger partial charge in [-0.1, -0.05) is 0 Å². The fourth-order valence-corrected chi connectivity index (χ4v) is 2.07. The summed E-state index contributed by atoms with van der Waals surface area (Å²) < 4.78 is 0. The zero-order valence-corrected chi connectivity index (χ0v) is 7.52. The first kappa shape index (κ1) is 7.10. The monoisotopic (exact) mass is 168 g/mol. The maximum Gasteiger partial charge on any atom is 0.139 e. The van der Waals surface area contributed by atoms with Crippen LogP contribution in [0.4, 0.5) is 5.82 Å².